The molecule has 0 aliphatic carbocycles. The molecule has 1 aromatic carbocycles. The van der Waals surface area contributed by atoms with Crippen LogP contribution in [-0.4, -0.2) is 22.9 Å². The number of aliphatic hydroxyl groups excluding tert-OH is 1. The van der Waals surface area contributed by atoms with Crippen LogP contribution in [0, 0.1) is 0 Å². The number of hydrogen-bond acceptors (Lipinski definition) is 2. The predicted octanol–water partition coefficient (Wildman–Crippen LogP) is 3.05. The van der Waals surface area contributed by atoms with Gasteiger partial charge in [-0.25, -0.2) is 0 Å². The summed E-state index contributed by atoms with van der Waals surface area (Å²) in [6.07, 6.45) is 0.786. The van der Waals surface area contributed by atoms with Gasteiger partial charge in [-0.1, -0.05) is 30.1 Å². The molecule has 94 valence electrons. The van der Waals surface area contributed by atoms with E-state index in [1.54, 1.807) is 18.2 Å². The van der Waals surface area contributed by atoms with E-state index in [0.29, 0.717) is 20.8 Å². The molecule has 1 aromatic rings. The van der Waals surface area contributed by atoms with Crippen LogP contribution in [0.3, 0.4) is 0 Å². The Hall–Kier alpha value is -0.550. The van der Waals surface area contributed by atoms with Gasteiger partial charge < -0.3 is 15.7 Å². The van der Waals surface area contributed by atoms with Crippen molar-refractivity contribution in [1.29, 1.82) is 0 Å². The maximum atomic E-state index is 9.04. The number of hydrogen-bond donors (Lipinski definition) is 3. The molecular weight excluding hydrogens is 279 g/mol. The van der Waals surface area contributed by atoms with Gasteiger partial charge in [0.15, 0.2) is 5.11 Å². The highest BCUT2D eigenvalue weighted by Gasteiger charge is 2.06. The van der Waals surface area contributed by atoms with Gasteiger partial charge in [-0.3, -0.25) is 0 Å². The average Bonchev–Trinajstić information content (AvgIpc) is 2.24. The molecule has 6 heteroatoms. The maximum absolute atomic E-state index is 9.04. The third kappa shape index (κ3) is 5.08. The minimum atomic E-state index is -0.0512. The number of thiocarbonyl (C=S) groups is 1. The molecule has 1 atom stereocenters. The summed E-state index contributed by atoms with van der Waals surface area (Å²) in [5.74, 6) is 0. The summed E-state index contributed by atoms with van der Waals surface area (Å²) in [5.41, 5.74) is 0.716. The van der Waals surface area contributed by atoms with Crippen molar-refractivity contribution in [2.24, 2.45) is 0 Å². The molecule has 17 heavy (non-hydrogen) atoms. The number of benzene rings is 1. The van der Waals surface area contributed by atoms with Gasteiger partial charge >= 0.3 is 0 Å². The van der Waals surface area contributed by atoms with Gasteiger partial charge in [0.05, 0.1) is 12.6 Å². The maximum Gasteiger partial charge on any atom is 0.171 e. The first kappa shape index (κ1) is 14.5. The van der Waals surface area contributed by atoms with Crippen molar-refractivity contribution in [3.8, 4) is 0 Å². The molecule has 1 rings (SSSR count). The number of nitrogens with one attached hydrogen (secondary N) is 2. The fourth-order valence-electron chi connectivity index (χ4n) is 1.26. The minimum absolute atomic E-state index is 0.0363. The topological polar surface area (TPSA) is 44.3 Å². The van der Waals surface area contributed by atoms with Gasteiger partial charge in [0.1, 0.15) is 0 Å². The number of rotatable bonds is 4. The summed E-state index contributed by atoms with van der Waals surface area (Å²) in [4.78, 5) is 0. The lowest BCUT2D eigenvalue weighted by atomic mass is 10.2. The number of halogens is 2. The summed E-state index contributed by atoms with van der Waals surface area (Å²) in [5, 5.41) is 16.5. The second-order valence-corrected chi connectivity index (χ2v) is 4.83. The van der Waals surface area contributed by atoms with Crippen molar-refractivity contribution >= 4 is 46.2 Å². The van der Waals surface area contributed by atoms with E-state index in [0.717, 1.165) is 6.42 Å². The van der Waals surface area contributed by atoms with Crippen LogP contribution in [0.1, 0.15) is 13.3 Å². The molecule has 0 heterocycles. The summed E-state index contributed by atoms with van der Waals surface area (Å²) in [6, 6.07) is 5.04. The fraction of sp³-hybridized carbons (Fsp3) is 0.364. The van der Waals surface area contributed by atoms with Crippen molar-refractivity contribution in [3.63, 3.8) is 0 Å². The van der Waals surface area contributed by atoms with Crippen molar-refractivity contribution in [2.45, 2.75) is 19.4 Å². The smallest absolute Gasteiger partial charge is 0.171 e. The van der Waals surface area contributed by atoms with E-state index in [-0.39, 0.29) is 12.6 Å². The summed E-state index contributed by atoms with van der Waals surface area (Å²) >= 11 is 16.8. The lowest BCUT2D eigenvalue weighted by Gasteiger charge is -2.17. The van der Waals surface area contributed by atoms with E-state index in [2.05, 4.69) is 10.6 Å². The largest absolute Gasteiger partial charge is 0.394 e. The van der Waals surface area contributed by atoms with E-state index in [9.17, 15) is 0 Å². The highest BCUT2D eigenvalue weighted by Crippen LogP contribution is 2.22. The zero-order chi connectivity index (χ0) is 12.8. The minimum Gasteiger partial charge on any atom is -0.394 e. The molecule has 0 saturated carbocycles. The van der Waals surface area contributed by atoms with Gasteiger partial charge in [0.2, 0.25) is 0 Å². The van der Waals surface area contributed by atoms with Gasteiger partial charge in [0, 0.05) is 15.7 Å². The van der Waals surface area contributed by atoms with Gasteiger partial charge in [0.25, 0.3) is 0 Å². The van der Waals surface area contributed by atoms with E-state index >= 15 is 0 Å². The SMILES string of the molecule is CC[C@@H](CO)NC(=S)Nc1cc(Cl)cc(Cl)c1. The molecule has 0 aromatic heterocycles. The molecule has 3 N–H and O–H groups in total. The van der Waals surface area contributed by atoms with Crippen LogP contribution in [0.5, 0.6) is 0 Å². The third-order valence-electron chi connectivity index (χ3n) is 2.17. The highest BCUT2D eigenvalue weighted by atomic mass is 35.5. The lowest BCUT2D eigenvalue weighted by Crippen LogP contribution is -2.39. The van der Waals surface area contributed by atoms with Gasteiger partial charge in [-0.15, -0.1) is 0 Å². The molecule has 0 saturated heterocycles. The van der Waals surface area contributed by atoms with Crippen molar-refractivity contribution in [3.05, 3.63) is 28.2 Å². The van der Waals surface area contributed by atoms with E-state index < -0.39 is 0 Å². The lowest BCUT2D eigenvalue weighted by molar-refractivity contribution is 0.253. The van der Waals surface area contributed by atoms with Crippen LogP contribution in [-0.2, 0) is 0 Å². The molecule has 0 unspecified atom stereocenters. The fourth-order valence-corrected chi connectivity index (χ4v) is 2.07. The van der Waals surface area contributed by atoms with Crippen molar-refractivity contribution in [2.75, 3.05) is 11.9 Å². The molecule has 0 bridgehead atoms. The van der Waals surface area contributed by atoms with Crippen LogP contribution >= 0.6 is 35.4 Å². The first-order valence-corrected chi connectivity index (χ1v) is 6.36. The first-order valence-electron chi connectivity index (χ1n) is 5.19. The Bertz CT molecular complexity index is 377. The second-order valence-electron chi connectivity index (χ2n) is 3.54. The standard InChI is InChI=1S/C11H14Cl2N2OS/c1-2-9(6-16)14-11(17)15-10-4-7(12)3-8(13)5-10/h3-5,9,16H,2,6H2,1H3,(H2,14,15,17)/t9-/m0/s1. The summed E-state index contributed by atoms with van der Waals surface area (Å²) in [6.45, 7) is 2.00. The Labute approximate surface area is 116 Å². The van der Waals surface area contributed by atoms with Gasteiger partial charge in [-0.05, 0) is 36.8 Å². The summed E-state index contributed by atoms with van der Waals surface area (Å²) < 4.78 is 0. The second kappa shape index (κ2) is 7.01. The van der Waals surface area contributed by atoms with Crippen LogP contribution < -0.4 is 10.6 Å². The van der Waals surface area contributed by atoms with Gasteiger partial charge in [-0.2, -0.15) is 0 Å². The Morgan fingerprint density at radius 1 is 1.35 bits per heavy atom. The molecule has 0 amide bonds. The Balaban J connectivity index is 2.61. The van der Waals surface area contributed by atoms with Crippen molar-refractivity contribution < 1.29 is 5.11 Å². The third-order valence-corrected chi connectivity index (χ3v) is 2.83. The van der Waals surface area contributed by atoms with Crippen molar-refractivity contribution in [1.82, 2.24) is 5.32 Å². The number of aliphatic hydroxyl groups is 1. The average molecular weight is 293 g/mol. The highest BCUT2D eigenvalue weighted by molar-refractivity contribution is 7.80. The van der Waals surface area contributed by atoms with Crippen LogP contribution in [0.2, 0.25) is 10.0 Å². The predicted molar refractivity (Wildman–Crippen MR) is 77.0 cm³/mol. The molecule has 0 radical (unpaired) electrons. The molecule has 3 nitrogen and oxygen atoms in total. The van der Waals surface area contributed by atoms with Crippen LogP contribution in [0.15, 0.2) is 18.2 Å². The Morgan fingerprint density at radius 3 is 2.41 bits per heavy atom. The summed E-state index contributed by atoms with van der Waals surface area (Å²) in [7, 11) is 0. The Morgan fingerprint density at radius 2 is 1.94 bits per heavy atom. The normalized spacial score (nSPS) is 12.0. The Kier molecular flexibility index (Phi) is 5.98. The van der Waals surface area contributed by atoms with Crippen LogP contribution in [0.4, 0.5) is 5.69 Å². The molecular formula is C11H14Cl2N2OS. The zero-order valence-corrected chi connectivity index (χ0v) is 11.7. The molecule has 0 aliphatic rings. The zero-order valence-electron chi connectivity index (χ0n) is 9.34. The van der Waals surface area contributed by atoms with Crippen LogP contribution in [0.25, 0.3) is 0 Å². The first-order chi connectivity index (χ1) is 8.05. The molecule has 0 spiro atoms. The monoisotopic (exact) mass is 292 g/mol. The van der Waals surface area contributed by atoms with E-state index in [1.165, 1.54) is 0 Å². The molecule has 0 fully saturated rings. The molecule has 0 aliphatic heterocycles. The van der Waals surface area contributed by atoms with E-state index in [4.69, 9.17) is 40.5 Å². The number of anilines is 1. The van der Waals surface area contributed by atoms with E-state index in [1.807, 2.05) is 6.92 Å². The quantitative estimate of drug-likeness (QED) is 0.747.